The van der Waals surface area contributed by atoms with Crippen LogP contribution in [0.4, 0.5) is 11.5 Å². The van der Waals surface area contributed by atoms with Crippen LogP contribution >= 0.6 is 11.6 Å². The standard InChI is InChI=1S/C21H15ClN6/c22-19-21(24-18-14-8-7-13-17(18)23-19)28-27-20(15-9-3-1-4-10-15)26-25-16-11-5-2-6-12-16/h1-14,25H/b26-20+,28-27?. The Morgan fingerprint density at radius 3 is 2.07 bits per heavy atom. The van der Waals surface area contributed by atoms with Crippen molar-refractivity contribution in [3.63, 3.8) is 0 Å². The number of nitrogens with one attached hydrogen (secondary N) is 1. The maximum Gasteiger partial charge on any atom is 0.212 e. The highest BCUT2D eigenvalue weighted by molar-refractivity contribution is 6.31. The number of anilines is 1. The van der Waals surface area contributed by atoms with Crippen molar-refractivity contribution in [3.05, 3.63) is 95.6 Å². The molecule has 0 aliphatic carbocycles. The Kier molecular flexibility index (Phi) is 5.31. The minimum atomic E-state index is 0.186. The summed E-state index contributed by atoms with van der Waals surface area (Å²) in [6.07, 6.45) is 0. The number of azo groups is 1. The Balaban J connectivity index is 1.68. The number of rotatable bonds is 4. The molecule has 0 aliphatic heterocycles. The number of hydrogen-bond acceptors (Lipinski definition) is 5. The van der Waals surface area contributed by atoms with Crippen molar-refractivity contribution in [2.24, 2.45) is 15.3 Å². The Morgan fingerprint density at radius 2 is 1.36 bits per heavy atom. The largest absolute Gasteiger partial charge is 0.276 e. The molecule has 0 bridgehead atoms. The average Bonchev–Trinajstić information content (AvgIpc) is 2.75. The van der Waals surface area contributed by atoms with Crippen LogP contribution in [0.1, 0.15) is 5.56 Å². The van der Waals surface area contributed by atoms with Crippen LogP contribution in [-0.2, 0) is 0 Å². The third kappa shape index (κ3) is 4.19. The van der Waals surface area contributed by atoms with Gasteiger partial charge in [0, 0.05) is 5.56 Å². The van der Waals surface area contributed by atoms with Crippen LogP contribution in [-0.4, -0.2) is 15.8 Å². The second-order valence-electron chi connectivity index (χ2n) is 5.81. The third-order valence-corrected chi connectivity index (χ3v) is 4.10. The van der Waals surface area contributed by atoms with Gasteiger partial charge in [0.1, 0.15) is 0 Å². The molecular formula is C21H15ClN6. The minimum absolute atomic E-state index is 0.186. The van der Waals surface area contributed by atoms with Crippen LogP contribution in [0, 0.1) is 0 Å². The lowest BCUT2D eigenvalue weighted by Crippen LogP contribution is -2.01. The van der Waals surface area contributed by atoms with Gasteiger partial charge in [-0.2, -0.15) is 5.10 Å². The average molecular weight is 387 g/mol. The van der Waals surface area contributed by atoms with Gasteiger partial charge in [-0.05, 0) is 24.3 Å². The predicted octanol–water partition coefficient (Wildman–Crippen LogP) is 5.84. The molecule has 0 atom stereocenters. The number of fused-ring (bicyclic) bond motifs is 1. The fourth-order valence-corrected chi connectivity index (χ4v) is 2.66. The highest BCUT2D eigenvalue weighted by Crippen LogP contribution is 2.24. The summed E-state index contributed by atoms with van der Waals surface area (Å²) < 4.78 is 0. The molecule has 1 heterocycles. The van der Waals surface area contributed by atoms with Crippen molar-refractivity contribution in [2.45, 2.75) is 0 Å². The van der Waals surface area contributed by atoms with Crippen LogP contribution in [0.2, 0.25) is 5.15 Å². The first-order valence-electron chi connectivity index (χ1n) is 8.58. The summed E-state index contributed by atoms with van der Waals surface area (Å²) in [6, 6.07) is 26.6. The summed E-state index contributed by atoms with van der Waals surface area (Å²) in [4.78, 5) is 8.74. The van der Waals surface area contributed by atoms with Gasteiger partial charge in [0.2, 0.25) is 11.7 Å². The molecule has 28 heavy (non-hydrogen) atoms. The van der Waals surface area contributed by atoms with E-state index < -0.39 is 0 Å². The number of aromatic nitrogens is 2. The molecule has 136 valence electrons. The number of halogens is 1. The molecule has 0 saturated heterocycles. The van der Waals surface area contributed by atoms with Gasteiger partial charge in [0.05, 0.1) is 16.7 Å². The van der Waals surface area contributed by atoms with Crippen LogP contribution < -0.4 is 5.43 Å². The van der Waals surface area contributed by atoms with Gasteiger partial charge in [-0.3, -0.25) is 5.43 Å². The van der Waals surface area contributed by atoms with E-state index in [1.165, 1.54) is 0 Å². The van der Waals surface area contributed by atoms with Crippen molar-refractivity contribution >= 4 is 40.0 Å². The van der Waals surface area contributed by atoms with Crippen LogP contribution in [0.15, 0.2) is 100 Å². The Morgan fingerprint density at radius 1 is 0.750 bits per heavy atom. The maximum absolute atomic E-state index is 6.22. The summed E-state index contributed by atoms with van der Waals surface area (Å²) in [5.74, 6) is 0.638. The van der Waals surface area contributed by atoms with E-state index in [-0.39, 0.29) is 11.0 Å². The van der Waals surface area contributed by atoms with Crippen LogP contribution in [0.5, 0.6) is 0 Å². The SMILES string of the molecule is Clc1nc2ccccc2nc1N=N/C(=N/Nc1ccccc1)c1ccccc1. The molecule has 0 fully saturated rings. The zero-order valence-corrected chi connectivity index (χ0v) is 15.5. The molecule has 0 amide bonds. The van der Waals surface area contributed by atoms with E-state index in [0.29, 0.717) is 16.9 Å². The molecule has 4 aromatic rings. The number of benzene rings is 3. The number of hydrogen-bond donors (Lipinski definition) is 1. The van der Waals surface area contributed by atoms with Crippen molar-refractivity contribution < 1.29 is 0 Å². The lowest BCUT2D eigenvalue weighted by Gasteiger charge is -2.04. The highest BCUT2D eigenvalue weighted by atomic mass is 35.5. The van der Waals surface area contributed by atoms with E-state index >= 15 is 0 Å². The van der Waals surface area contributed by atoms with Crippen LogP contribution in [0.3, 0.4) is 0 Å². The number of para-hydroxylation sites is 3. The second-order valence-corrected chi connectivity index (χ2v) is 6.16. The van der Waals surface area contributed by atoms with Gasteiger partial charge in [-0.25, -0.2) is 9.97 Å². The van der Waals surface area contributed by atoms with Gasteiger partial charge in [0.15, 0.2) is 5.15 Å². The summed E-state index contributed by atoms with van der Waals surface area (Å²) >= 11 is 6.22. The molecule has 0 radical (unpaired) electrons. The van der Waals surface area contributed by atoms with Gasteiger partial charge < -0.3 is 0 Å². The van der Waals surface area contributed by atoms with E-state index in [9.17, 15) is 0 Å². The van der Waals surface area contributed by atoms with E-state index in [0.717, 1.165) is 11.3 Å². The molecule has 0 aliphatic rings. The molecule has 0 saturated carbocycles. The Hall–Kier alpha value is -3.64. The molecule has 0 unspecified atom stereocenters. The molecule has 7 heteroatoms. The van der Waals surface area contributed by atoms with Crippen molar-refractivity contribution in [1.29, 1.82) is 0 Å². The fourth-order valence-electron chi connectivity index (χ4n) is 2.49. The molecule has 6 nitrogen and oxygen atoms in total. The summed E-state index contributed by atoms with van der Waals surface area (Å²) in [5.41, 5.74) is 6.04. The second kappa shape index (κ2) is 8.37. The first-order valence-corrected chi connectivity index (χ1v) is 8.95. The lowest BCUT2D eigenvalue weighted by atomic mass is 10.2. The zero-order valence-electron chi connectivity index (χ0n) is 14.7. The smallest absolute Gasteiger partial charge is 0.212 e. The topological polar surface area (TPSA) is 74.9 Å². The monoisotopic (exact) mass is 386 g/mol. The van der Waals surface area contributed by atoms with E-state index in [2.05, 4.69) is 30.7 Å². The lowest BCUT2D eigenvalue weighted by molar-refractivity contribution is 1.15. The van der Waals surface area contributed by atoms with Gasteiger partial charge in [0.25, 0.3) is 0 Å². The van der Waals surface area contributed by atoms with E-state index in [4.69, 9.17) is 11.6 Å². The van der Waals surface area contributed by atoms with E-state index in [1.807, 2.05) is 84.9 Å². The first-order chi connectivity index (χ1) is 13.8. The summed E-state index contributed by atoms with van der Waals surface area (Å²) in [7, 11) is 0. The Bertz CT molecular complexity index is 1140. The third-order valence-electron chi connectivity index (χ3n) is 3.85. The van der Waals surface area contributed by atoms with Gasteiger partial charge in [-0.15, -0.1) is 10.2 Å². The minimum Gasteiger partial charge on any atom is -0.276 e. The van der Waals surface area contributed by atoms with Crippen molar-refractivity contribution in [1.82, 2.24) is 9.97 Å². The highest BCUT2D eigenvalue weighted by Gasteiger charge is 2.07. The normalized spacial score (nSPS) is 11.8. The molecule has 0 spiro atoms. The molecule has 3 aromatic carbocycles. The quantitative estimate of drug-likeness (QED) is 0.207. The van der Waals surface area contributed by atoms with Gasteiger partial charge in [-0.1, -0.05) is 72.3 Å². The zero-order chi connectivity index (χ0) is 19.2. The van der Waals surface area contributed by atoms with E-state index in [1.54, 1.807) is 0 Å². The Labute approximate surface area is 166 Å². The predicted molar refractivity (Wildman–Crippen MR) is 112 cm³/mol. The number of hydrazone groups is 1. The number of amidine groups is 1. The molecule has 1 N–H and O–H groups in total. The fraction of sp³-hybridized carbons (Fsp3) is 0. The first kappa shape index (κ1) is 17.8. The molecule has 4 rings (SSSR count). The van der Waals surface area contributed by atoms with Crippen LogP contribution in [0.25, 0.3) is 11.0 Å². The number of nitrogens with zero attached hydrogens (tertiary/aromatic N) is 5. The summed E-state index contributed by atoms with van der Waals surface area (Å²) in [6.45, 7) is 0. The molecular weight excluding hydrogens is 372 g/mol. The van der Waals surface area contributed by atoms with Crippen molar-refractivity contribution in [3.8, 4) is 0 Å². The maximum atomic E-state index is 6.22. The molecule has 1 aromatic heterocycles. The van der Waals surface area contributed by atoms with Crippen molar-refractivity contribution in [2.75, 3.05) is 5.43 Å². The van der Waals surface area contributed by atoms with Gasteiger partial charge >= 0.3 is 0 Å². The summed E-state index contributed by atoms with van der Waals surface area (Å²) in [5, 5.41) is 13.0.